The number of benzene rings is 2. The van der Waals surface area contributed by atoms with Crippen molar-refractivity contribution in [3.63, 3.8) is 0 Å². The van der Waals surface area contributed by atoms with Gasteiger partial charge in [0.05, 0.1) is 17.6 Å². The van der Waals surface area contributed by atoms with Gasteiger partial charge in [-0.1, -0.05) is 50.2 Å². The van der Waals surface area contributed by atoms with Crippen molar-refractivity contribution in [2.45, 2.75) is 33.2 Å². The first-order chi connectivity index (χ1) is 15.9. The van der Waals surface area contributed by atoms with E-state index < -0.39 is 5.97 Å². The number of thiazole rings is 1. The minimum atomic E-state index is -0.796. The molecule has 0 amide bonds. The van der Waals surface area contributed by atoms with Crippen molar-refractivity contribution < 1.29 is 9.90 Å². The van der Waals surface area contributed by atoms with Crippen molar-refractivity contribution in [2.75, 3.05) is 11.4 Å². The Labute approximate surface area is 214 Å². The van der Waals surface area contributed by atoms with Crippen molar-refractivity contribution in [1.82, 2.24) is 8.96 Å². The summed E-state index contributed by atoms with van der Waals surface area (Å²) in [6.45, 7) is 5.50. The van der Waals surface area contributed by atoms with Gasteiger partial charge in [0.25, 0.3) is 0 Å². The van der Waals surface area contributed by atoms with E-state index in [1.165, 1.54) is 15.8 Å². The molecule has 4 aromatic rings. The number of halogens is 1. The number of hydrogen-bond acceptors (Lipinski definition) is 5. The third kappa shape index (κ3) is 5.91. The number of aromatic nitrogens is 2. The van der Waals surface area contributed by atoms with Gasteiger partial charge in [-0.05, 0) is 36.1 Å². The summed E-state index contributed by atoms with van der Waals surface area (Å²) >= 11 is 3.98. The largest absolute Gasteiger partial charge is 0.481 e. The fraction of sp³-hybridized carbons (Fsp3) is 0.280. The third-order valence-electron chi connectivity index (χ3n) is 5.36. The van der Waals surface area contributed by atoms with Gasteiger partial charge < -0.3 is 10.0 Å². The zero-order valence-corrected chi connectivity index (χ0v) is 22.4. The lowest BCUT2D eigenvalue weighted by Gasteiger charge is -2.21. The van der Waals surface area contributed by atoms with Crippen LogP contribution in [0.4, 0.5) is 5.13 Å². The van der Waals surface area contributed by atoms with E-state index in [4.69, 9.17) is 4.98 Å². The van der Waals surface area contributed by atoms with Crippen LogP contribution in [0.15, 0.2) is 60.8 Å². The Balaban J connectivity index is 1.73. The molecule has 8 heteroatoms. The maximum Gasteiger partial charge on any atom is 0.305 e. The number of carboxylic acid groups (broad SMARTS) is 1. The van der Waals surface area contributed by atoms with E-state index in [1.807, 2.05) is 18.2 Å². The summed E-state index contributed by atoms with van der Waals surface area (Å²) < 4.78 is 2.15. The predicted molar refractivity (Wildman–Crippen MR) is 148 cm³/mol. The standard InChI is InChI=1S/C25H26IN3O2S2/c1-17(2)14-22-24(20-8-9-21-19(15-20)10-13-29(21)33-26)27-25(32-22)28(12-11-23(30)31)16-18-6-4-3-5-7-18/h3-10,13,15,17H,11-12,14,16H2,1-2H3,(H,30,31). The first-order valence-corrected chi connectivity index (χ1v) is 15.0. The third-order valence-corrected chi connectivity index (χ3v) is 8.24. The Morgan fingerprint density at radius 3 is 2.70 bits per heavy atom. The van der Waals surface area contributed by atoms with Gasteiger partial charge in [0.2, 0.25) is 0 Å². The predicted octanol–water partition coefficient (Wildman–Crippen LogP) is 7.29. The second-order valence-corrected chi connectivity index (χ2v) is 11.2. The van der Waals surface area contributed by atoms with Crippen LogP contribution < -0.4 is 4.90 Å². The van der Waals surface area contributed by atoms with Gasteiger partial charge in [0, 0.05) is 65.4 Å². The summed E-state index contributed by atoms with van der Waals surface area (Å²) in [7, 11) is 1.65. The number of nitrogens with zero attached hydrogens (tertiary/aromatic N) is 3. The van der Waals surface area contributed by atoms with Crippen LogP contribution in [0.5, 0.6) is 0 Å². The van der Waals surface area contributed by atoms with Gasteiger partial charge >= 0.3 is 5.97 Å². The Morgan fingerprint density at radius 1 is 1.21 bits per heavy atom. The van der Waals surface area contributed by atoms with Crippen LogP contribution >= 0.6 is 41.7 Å². The Morgan fingerprint density at radius 2 is 2.00 bits per heavy atom. The molecule has 0 spiro atoms. The molecule has 2 aromatic carbocycles. The molecule has 0 fully saturated rings. The molecule has 0 atom stereocenters. The molecule has 2 aromatic heterocycles. The molecule has 172 valence electrons. The van der Waals surface area contributed by atoms with Crippen LogP contribution in [0.25, 0.3) is 22.2 Å². The zero-order valence-electron chi connectivity index (χ0n) is 18.6. The number of hydrogen-bond donors (Lipinski definition) is 1. The highest BCUT2D eigenvalue weighted by Gasteiger charge is 2.20. The average molecular weight is 592 g/mol. The van der Waals surface area contributed by atoms with Crippen LogP contribution in [0.3, 0.4) is 0 Å². The summed E-state index contributed by atoms with van der Waals surface area (Å²) in [6, 6.07) is 18.8. The number of carboxylic acids is 1. The number of rotatable bonds is 10. The van der Waals surface area contributed by atoms with Gasteiger partial charge in [0.15, 0.2) is 5.13 Å². The second kappa shape index (κ2) is 10.9. The van der Waals surface area contributed by atoms with E-state index in [0.29, 0.717) is 19.0 Å². The van der Waals surface area contributed by atoms with Crippen LogP contribution in [0, 0.1) is 5.92 Å². The normalized spacial score (nSPS) is 11.4. The molecule has 0 aliphatic rings. The smallest absolute Gasteiger partial charge is 0.305 e. The molecular weight excluding hydrogens is 565 g/mol. The molecule has 4 rings (SSSR count). The van der Waals surface area contributed by atoms with Crippen molar-refractivity contribution in [3.05, 3.63) is 71.2 Å². The Bertz CT molecular complexity index is 1240. The maximum atomic E-state index is 11.3. The number of carbonyl (C=O) groups is 1. The number of fused-ring (bicyclic) bond motifs is 1. The molecule has 0 saturated heterocycles. The highest BCUT2D eigenvalue weighted by molar-refractivity contribution is 14.2. The Kier molecular flexibility index (Phi) is 7.98. The summed E-state index contributed by atoms with van der Waals surface area (Å²) in [5, 5.41) is 11.4. The highest BCUT2D eigenvalue weighted by atomic mass is 127. The summed E-state index contributed by atoms with van der Waals surface area (Å²) in [6.07, 6.45) is 3.10. The van der Waals surface area contributed by atoms with Crippen LogP contribution in [-0.2, 0) is 17.8 Å². The fourth-order valence-electron chi connectivity index (χ4n) is 3.81. The molecule has 33 heavy (non-hydrogen) atoms. The van der Waals surface area contributed by atoms with E-state index in [2.05, 4.69) is 86.5 Å². The lowest BCUT2D eigenvalue weighted by molar-refractivity contribution is -0.136. The molecule has 0 unspecified atom stereocenters. The molecule has 0 aliphatic carbocycles. The fourth-order valence-corrected chi connectivity index (χ4v) is 6.51. The quantitative estimate of drug-likeness (QED) is 0.196. The van der Waals surface area contributed by atoms with E-state index >= 15 is 0 Å². The van der Waals surface area contributed by atoms with E-state index in [-0.39, 0.29) is 6.42 Å². The molecule has 0 bridgehead atoms. The van der Waals surface area contributed by atoms with Crippen molar-refractivity contribution in [2.24, 2.45) is 5.92 Å². The van der Waals surface area contributed by atoms with Gasteiger partial charge in [-0.3, -0.25) is 8.77 Å². The molecule has 5 nitrogen and oxygen atoms in total. The van der Waals surface area contributed by atoms with Crippen molar-refractivity contribution >= 4 is 63.7 Å². The Hall–Kier alpha value is -2.04. The number of anilines is 1. The van der Waals surface area contributed by atoms with E-state index in [1.54, 1.807) is 20.5 Å². The second-order valence-electron chi connectivity index (χ2n) is 8.40. The van der Waals surface area contributed by atoms with Crippen LogP contribution in [-0.4, -0.2) is 26.6 Å². The molecule has 1 N–H and O–H groups in total. The molecule has 0 aliphatic heterocycles. The lowest BCUT2D eigenvalue weighted by atomic mass is 10.0. The van der Waals surface area contributed by atoms with Crippen molar-refractivity contribution in [1.29, 1.82) is 0 Å². The summed E-state index contributed by atoms with van der Waals surface area (Å²) in [5.41, 5.74) is 4.44. The topological polar surface area (TPSA) is 58.4 Å². The molecule has 0 saturated carbocycles. The van der Waals surface area contributed by atoms with Crippen molar-refractivity contribution in [3.8, 4) is 11.3 Å². The highest BCUT2D eigenvalue weighted by Crippen LogP contribution is 2.37. The van der Waals surface area contributed by atoms with Gasteiger partial charge in [-0.15, -0.1) is 11.3 Å². The monoisotopic (exact) mass is 591 g/mol. The van der Waals surface area contributed by atoms with Gasteiger partial charge in [-0.25, -0.2) is 4.98 Å². The first kappa shape index (κ1) is 24.1. The SMILES string of the molecule is CC(C)Cc1sc(N(CCC(=O)O)Cc2ccccc2)nc1-c1ccc2c(ccn2SI)c1. The van der Waals surface area contributed by atoms with E-state index in [9.17, 15) is 9.90 Å². The van der Waals surface area contributed by atoms with Gasteiger partial charge in [0.1, 0.15) is 0 Å². The minimum absolute atomic E-state index is 0.0781. The zero-order chi connectivity index (χ0) is 23.4. The number of aliphatic carboxylic acids is 1. The lowest BCUT2D eigenvalue weighted by Crippen LogP contribution is -2.25. The molecule has 2 heterocycles. The maximum absolute atomic E-state index is 11.3. The molecule has 0 radical (unpaired) electrons. The van der Waals surface area contributed by atoms with Crippen LogP contribution in [0.2, 0.25) is 0 Å². The first-order valence-electron chi connectivity index (χ1n) is 10.9. The summed E-state index contributed by atoms with van der Waals surface area (Å²) in [5.74, 6) is -0.297. The minimum Gasteiger partial charge on any atom is -0.481 e. The van der Waals surface area contributed by atoms with Crippen LogP contribution in [0.1, 0.15) is 30.7 Å². The van der Waals surface area contributed by atoms with E-state index in [0.717, 1.165) is 28.4 Å². The molecular formula is C25H26IN3O2S2. The average Bonchev–Trinajstić information content (AvgIpc) is 3.40. The summed E-state index contributed by atoms with van der Waals surface area (Å²) in [4.78, 5) is 19.8. The van der Waals surface area contributed by atoms with Gasteiger partial charge in [-0.2, -0.15) is 0 Å².